The number of anilines is 1. The standard InChI is InChI=1S/C27H21F2N5O3/c1-34-25-17(13-31-34)23(16-6-3-5-15(11-16)14-35)21(12-19(25)29)33-27(36)20-9-10-30-26(32-20)24-18(28)7-4-8-22(24)37-2/h3-13,35H,14H2,1-2H3,(H,33,36). The fraction of sp³-hybridized carbons (Fsp3) is 0.111. The molecule has 0 unspecified atom stereocenters. The van der Waals surface area contributed by atoms with Gasteiger partial charge in [0, 0.05) is 30.3 Å². The number of ether oxygens (including phenoxy) is 1. The SMILES string of the molecule is COc1cccc(F)c1-c1nccc(C(=O)Nc2cc(F)c3c(cnn3C)c2-c2cccc(CO)c2)n1. The van der Waals surface area contributed by atoms with Crippen LogP contribution < -0.4 is 10.1 Å². The van der Waals surface area contributed by atoms with Crippen LogP contribution >= 0.6 is 0 Å². The van der Waals surface area contributed by atoms with E-state index in [1.54, 1.807) is 37.4 Å². The quantitative estimate of drug-likeness (QED) is 0.349. The van der Waals surface area contributed by atoms with E-state index in [-0.39, 0.29) is 40.6 Å². The number of aliphatic hydroxyl groups excluding tert-OH is 1. The molecule has 1 amide bonds. The maximum atomic E-state index is 15.1. The summed E-state index contributed by atoms with van der Waals surface area (Å²) in [6, 6.07) is 13.9. The van der Waals surface area contributed by atoms with Crippen molar-refractivity contribution in [2.75, 3.05) is 12.4 Å². The number of carbonyl (C=O) groups excluding carboxylic acids is 1. The molecule has 3 aromatic carbocycles. The van der Waals surface area contributed by atoms with Gasteiger partial charge in [0.05, 0.1) is 31.2 Å². The molecule has 0 radical (unpaired) electrons. The molecule has 0 spiro atoms. The molecule has 0 bridgehead atoms. The molecule has 0 fully saturated rings. The van der Waals surface area contributed by atoms with E-state index < -0.39 is 17.5 Å². The highest BCUT2D eigenvalue weighted by Crippen LogP contribution is 2.38. The second-order valence-electron chi connectivity index (χ2n) is 8.21. The summed E-state index contributed by atoms with van der Waals surface area (Å²) in [4.78, 5) is 21.6. The fourth-order valence-corrected chi connectivity index (χ4v) is 4.23. The van der Waals surface area contributed by atoms with Crippen LogP contribution in [0, 0.1) is 11.6 Å². The lowest BCUT2D eigenvalue weighted by Crippen LogP contribution is -2.15. The third-order valence-corrected chi connectivity index (χ3v) is 5.93. The first kappa shape index (κ1) is 24.0. The van der Waals surface area contributed by atoms with Gasteiger partial charge >= 0.3 is 0 Å². The van der Waals surface area contributed by atoms with Crippen molar-refractivity contribution in [3.8, 4) is 28.3 Å². The number of rotatable bonds is 6. The van der Waals surface area contributed by atoms with Crippen LogP contribution in [0.2, 0.25) is 0 Å². The van der Waals surface area contributed by atoms with Gasteiger partial charge in [-0.05, 0) is 35.4 Å². The summed E-state index contributed by atoms with van der Waals surface area (Å²) < 4.78 is 36.3. The van der Waals surface area contributed by atoms with Crippen LogP contribution in [0.5, 0.6) is 5.75 Å². The molecule has 0 saturated carbocycles. The van der Waals surface area contributed by atoms with E-state index in [9.17, 15) is 14.3 Å². The molecule has 5 aromatic rings. The minimum atomic E-state index is -0.652. The van der Waals surface area contributed by atoms with Gasteiger partial charge in [0.25, 0.3) is 5.91 Å². The summed E-state index contributed by atoms with van der Waals surface area (Å²) in [6.07, 6.45) is 2.85. The number of fused-ring (bicyclic) bond motifs is 1. The number of aliphatic hydroxyl groups is 1. The molecule has 2 aromatic heterocycles. The van der Waals surface area contributed by atoms with Crippen molar-refractivity contribution < 1.29 is 23.4 Å². The highest BCUT2D eigenvalue weighted by Gasteiger charge is 2.21. The Morgan fingerprint density at radius 2 is 1.89 bits per heavy atom. The predicted molar refractivity (Wildman–Crippen MR) is 134 cm³/mol. The second-order valence-corrected chi connectivity index (χ2v) is 8.21. The van der Waals surface area contributed by atoms with Crippen LogP contribution in [0.1, 0.15) is 16.1 Å². The van der Waals surface area contributed by atoms with Crippen LogP contribution in [0.25, 0.3) is 33.4 Å². The molecule has 0 saturated heterocycles. The number of benzene rings is 3. The van der Waals surface area contributed by atoms with Crippen molar-refractivity contribution in [2.24, 2.45) is 7.05 Å². The van der Waals surface area contributed by atoms with Gasteiger partial charge in [0.15, 0.2) is 11.6 Å². The first-order chi connectivity index (χ1) is 17.9. The van der Waals surface area contributed by atoms with Gasteiger partial charge in [0.1, 0.15) is 22.8 Å². The van der Waals surface area contributed by atoms with Crippen molar-refractivity contribution in [3.63, 3.8) is 0 Å². The number of hydrogen-bond acceptors (Lipinski definition) is 6. The lowest BCUT2D eigenvalue weighted by atomic mass is 9.97. The molecule has 10 heteroatoms. The highest BCUT2D eigenvalue weighted by atomic mass is 19.1. The molecule has 8 nitrogen and oxygen atoms in total. The van der Waals surface area contributed by atoms with E-state index >= 15 is 4.39 Å². The van der Waals surface area contributed by atoms with Crippen LogP contribution in [0.3, 0.4) is 0 Å². The Hall–Kier alpha value is -4.70. The lowest BCUT2D eigenvalue weighted by molar-refractivity contribution is 0.102. The average molecular weight is 501 g/mol. The van der Waals surface area contributed by atoms with Gasteiger partial charge in [-0.2, -0.15) is 5.10 Å². The largest absolute Gasteiger partial charge is 0.496 e. The van der Waals surface area contributed by atoms with Gasteiger partial charge in [-0.25, -0.2) is 18.7 Å². The summed E-state index contributed by atoms with van der Waals surface area (Å²) in [5.74, 6) is -1.65. The van der Waals surface area contributed by atoms with Crippen LogP contribution in [-0.2, 0) is 13.7 Å². The Bertz CT molecular complexity index is 1650. The summed E-state index contributed by atoms with van der Waals surface area (Å²) in [7, 11) is 3.02. The molecule has 2 N–H and O–H groups in total. The number of aromatic nitrogens is 4. The molecule has 5 rings (SSSR count). The van der Waals surface area contributed by atoms with Crippen LogP contribution in [0.15, 0.2) is 67.0 Å². The zero-order valence-corrected chi connectivity index (χ0v) is 19.9. The smallest absolute Gasteiger partial charge is 0.274 e. The van der Waals surface area contributed by atoms with E-state index in [2.05, 4.69) is 20.4 Å². The minimum absolute atomic E-state index is 0.0176. The predicted octanol–water partition coefficient (Wildman–Crippen LogP) is 4.73. The molecule has 0 aliphatic rings. The Kier molecular flexibility index (Phi) is 6.33. The van der Waals surface area contributed by atoms with Crippen LogP contribution in [-0.4, -0.2) is 37.9 Å². The van der Waals surface area contributed by atoms with Gasteiger partial charge in [-0.3, -0.25) is 9.48 Å². The first-order valence-electron chi connectivity index (χ1n) is 11.2. The number of amides is 1. The third-order valence-electron chi connectivity index (χ3n) is 5.93. The normalized spacial score (nSPS) is 11.1. The van der Waals surface area contributed by atoms with Crippen molar-refractivity contribution in [1.82, 2.24) is 19.7 Å². The zero-order valence-electron chi connectivity index (χ0n) is 19.9. The van der Waals surface area contributed by atoms with Gasteiger partial charge in [-0.1, -0.05) is 24.3 Å². The second kappa shape index (κ2) is 9.75. The first-order valence-corrected chi connectivity index (χ1v) is 11.2. The molecule has 0 aliphatic heterocycles. The molecule has 2 heterocycles. The zero-order chi connectivity index (χ0) is 26.1. The summed E-state index contributed by atoms with van der Waals surface area (Å²) in [5, 5.41) is 17.0. The number of aryl methyl sites for hydroxylation is 1. The van der Waals surface area contributed by atoms with Gasteiger partial charge < -0.3 is 15.2 Å². The van der Waals surface area contributed by atoms with E-state index in [0.29, 0.717) is 22.1 Å². The monoisotopic (exact) mass is 501 g/mol. The summed E-state index contributed by atoms with van der Waals surface area (Å²) in [5.41, 5.74) is 2.23. The number of hydrogen-bond donors (Lipinski definition) is 2. The third kappa shape index (κ3) is 4.38. The molecule has 0 atom stereocenters. The topological polar surface area (TPSA) is 102 Å². The average Bonchev–Trinajstić information content (AvgIpc) is 3.30. The van der Waals surface area contributed by atoms with E-state index in [4.69, 9.17) is 4.74 Å². The lowest BCUT2D eigenvalue weighted by Gasteiger charge is -2.15. The summed E-state index contributed by atoms with van der Waals surface area (Å²) >= 11 is 0. The van der Waals surface area contributed by atoms with E-state index in [0.717, 1.165) is 0 Å². The van der Waals surface area contributed by atoms with E-state index in [1.165, 1.54) is 48.5 Å². The number of halogens is 2. The molecule has 0 aliphatic carbocycles. The molecular formula is C27H21F2N5O3. The Balaban J connectivity index is 1.60. The van der Waals surface area contributed by atoms with Gasteiger partial charge in [0.2, 0.25) is 0 Å². The number of carbonyl (C=O) groups is 1. The maximum absolute atomic E-state index is 15.1. The highest BCUT2D eigenvalue weighted by molar-refractivity contribution is 6.10. The molecular weight excluding hydrogens is 480 g/mol. The maximum Gasteiger partial charge on any atom is 0.274 e. The van der Waals surface area contributed by atoms with Crippen LogP contribution in [0.4, 0.5) is 14.5 Å². The number of nitrogens with zero attached hydrogens (tertiary/aromatic N) is 4. The summed E-state index contributed by atoms with van der Waals surface area (Å²) in [6.45, 7) is -0.184. The van der Waals surface area contributed by atoms with Gasteiger partial charge in [-0.15, -0.1) is 0 Å². The van der Waals surface area contributed by atoms with Crippen molar-refractivity contribution in [1.29, 1.82) is 0 Å². The van der Waals surface area contributed by atoms with Crippen molar-refractivity contribution in [3.05, 3.63) is 89.9 Å². The minimum Gasteiger partial charge on any atom is -0.496 e. The van der Waals surface area contributed by atoms with Crippen molar-refractivity contribution in [2.45, 2.75) is 6.61 Å². The Morgan fingerprint density at radius 3 is 2.68 bits per heavy atom. The van der Waals surface area contributed by atoms with Crippen molar-refractivity contribution >= 4 is 22.5 Å². The molecule has 37 heavy (non-hydrogen) atoms. The Labute approximate surface area is 210 Å². The van der Waals surface area contributed by atoms with E-state index in [1.807, 2.05) is 0 Å². The number of methoxy groups -OCH3 is 1. The Morgan fingerprint density at radius 1 is 1.08 bits per heavy atom. The fourth-order valence-electron chi connectivity index (χ4n) is 4.23. The number of nitrogens with one attached hydrogen (secondary N) is 1. The molecule has 186 valence electrons.